The summed E-state index contributed by atoms with van der Waals surface area (Å²) in [5.74, 6) is -0.450. The number of amides is 1. The Morgan fingerprint density at radius 1 is 1.12 bits per heavy atom. The normalized spacial score (nSPS) is 26.9. The predicted octanol–water partition coefficient (Wildman–Crippen LogP) is 2.01. The number of aliphatic hydroxyl groups is 1. The molecule has 3 aliphatic rings. The second-order valence-electron chi connectivity index (χ2n) is 9.33. The van der Waals surface area contributed by atoms with Gasteiger partial charge in [0.2, 0.25) is 5.91 Å². The molecule has 5 rings (SSSR count). The highest BCUT2D eigenvalue weighted by molar-refractivity contribution is 5.95. The molecule has 0 radical (unpaired) electrons. The van der Waals surface area contributed by atoms with Crippen molar-refractivity contribution in [3.05, 3.63) is 53.8 Å². The van der Waals surface area contributed by atoms with E-state index in [1.165, 1.54) is 18.2 Å². The summed E-state index contributed by atoms with van der Waals surface area (Å²) in [5, 5.41) is 11.5. The molecule has 3 unspecified atom stereocenters. The minimum Gasteiger partial charge on any atom is -0.494 e. The van der Waals surface area contributed by atoms with E-state index in [1.807, 2.05) is 6.92 Å². The van der Waals surface area contributed by atoms with Gasteiger partial charge < -0.3 is 14.7 Å². The maximum Gasteiger partial charge on any atom is 0.243 e. The van der Waals surface area contributed by atoms with Crippen LogP contribution in [0.2, 0.25) is 0 Å². The molecule has 3 fully saturated rings. The molecule has 0 aliphatic carbocycles. The van der Waals surface area contributed by atoms with Crippen LogP contribution in [0.25, 0.3) is 0 Å². The smallest absolute Gasteiger partial charge is 0.243 e. The maximum absolute atomic E-state index is 14.7. The average Bonchev–Trinajstić information content (AvgIpc) is 3.21. The van der Waals surface area contributed by atoms with Crippen LogP contribution >= 0.6 is 0 Å². The first kappa shape index (κ1) is 22.1. The Bertz CT molecular complexity index is 1020. The van der Waals surface area contributed by atoms with Gasteiger partial charge in [0, 0.05) is 31.2 Å². The molecular formula is C24H30FN5O3. The van der Waals surface area contributed by atoms with Crippen LogP contribution < -0.4 is 30.9 Å². The number of ether oxygens (including phenoxy) is 1. The van der Waals surface area contributed by atoms with Crippen LogP contribution in [-0.2, 0) is 4.79 Å². The molecule has 2 aromatic carbocycles. The van der Waals surface area contributed by atoms with E-state index in [-0.39, 0.29) is 36.1 Å². The molecule has 1 amide bonds. The molecule has 0 aromatic heterocycles. The summed E-state index contributed by atoms with van der Waals surface area (Å²) in [5.41, 5.74) is 11.5. The molecule has 0 spiro atoms. The first-order valence-electron chi connectivity index (χ1n) is 11.4. The van der Waals surface area contributed by atoms with Crippen LogP contribution in [0.3, 0.4) is 0 Å². The van der Waals surface area contributed by atoms with Crippen LogP contribution in [0.5, 0.6) is 5.75 Å². The van der Waals surface area contributed by atoms with Gasteiger partial charge in [-0.15, -0.1) is 0 Å². The maximum atomic E-state index is 14.7. The lowest BCUT2D eigenvalue weighted by Gasteiger charge is -2.38. The number of hydrazine groups is 2. The largest absolute Gasteiger partial charge is 0.494 e. The van der Waals surface area contributed by atoms with Gasteiger partial charge in [0.25, 0.3) is 0 Å². The minimum absolute atomic E-state index is 0.102. The van der Waals surface area contributed by atoms with Crippen LogP contribution in [0, 0.1) is 5.82 Å². The SMILES string of the molecule is COc1cccc(F)c1N1NC2C(CC1=O)NNC2c1ccc(N2CCC(C)(O)CC2)cc1. The Morgan fingerprint density at radius 3 is 2.55 bits per heavy atom. The van der Waals surface area contributed by atoms with Crippen molar-refractivity contribution in [3.8, 4) is 5.75 Å². The molecular weight excluding hydrogens is 425 g/mol. The molecule has 9 heteroatoms. The van der Waals surface area contributed by atoms with E-state index in [1.54, 1.807) is 12.1 Å². The zero-order valence-corrected chi connectivity index (χ0v) is 18.8. The summed E-state index contributed by atoms with van der Waals surface area (Å²) in [6.07, 6.45) is 1.73. The summed E-state index contributed by atoms with van der Waals surface area (Å²) in [7, 11) is 1.46. The van der Waals surface area contributed by atoms with E-state index in [0.717, 1.165) is 37.2 Å². The number of hydrogen-bond donors (Lipinski definition) is 4. The van der Waals surface area contributed by atoms with Crippen molar-refractivity contribution in [3.63, 3.8) is 0 Å². The number of anilines is 2. The Kier molecular flexibility index (Phi) is 5.74. The Labute approximate surface area is 192 Å². The molecule has 2 aromatic rings. The highest BCUT2D eigenvalue weighted by atomic mass is 19.1. The first-order valence-corrected chi connectivity index (χ1v) is 11.4. The van der Waals surface area contributed by atoms with Gasteiger partial charge in [0.05, 0.1) is 24.8 Å². The highest BCUT2D eigenvalue weighted by Gasteiger charge is 2.45. The Balaban J connectivity index is 1.34. The van der Waals surface area contributed by atoms with E-state index in [4.69, 9.17) is 4.74 Å². The van der Waals surface area contributed by atoms with E-state index >= 15 is 0 Å². The second-order valence-corrected chi connectivity index (χ2v) is 9.33. The van der Waals surface area contributed by atoms with Crippen LogP contribution in [-0.4, -0.2) is 48.9 Å². The third kappa shape index (κ3) is 4.17. The van der Waals surface area contributed by atoms with E-state index < -0.39 is 11.4 Å². The molecule has 3 aliphatic heterocycles. The number of piperidine rings is 1. The minimum atomic E-state index is -0.582. The lowest BCUT2D eigenvalue weighted by Crippen LogP contribution is -2.60. The summed E-state index contributed by atoms with van der Waals surface area (Å²) in [4.78, 5) is 15.1. The van der Waals surface area contributed by atoms with Crippen molar-refractivity contribution in [2.75, 3.05) is 30.1 Å². The first-order chi connectivity index (χ1) is 15.9. The molecule has 0 bridgehead atoms. The molecule has 3 atom stereocenters. The van der Waals surface area contributed by atoms with Crippen molar-refractivity contribution in [2.24, 2.45) is 0 Å². The van der Waals surface area contributed by atoms with E-state index in [2.05, 4.69) is 45.4 Å². The van der Waals surface area contributed by atoms with Gasteiger partial charge in [-0.3, -0.25) is 10.2 Å². The quantitative estimate of drug-likeness (QED) is 0.561. The summed E-state index contributed by atoms with van der Waals surface area (Å²) >= 11 is 0. The molecule has 3 heterocycles. The molecule has 4 N–H and O–H groups in total. The van der Waals surface area contributed by atoms with Crippen molar-refractivity contribution >= 4 is 17.3 Å². The fourth-order valence-electron chi connectivity index (χ4n) is 4.95. The lowest BCUT2D eigenvalue weighted by atomic mass is 9.92. The molecule has 176 valence electrons. The monoisotopic (exact) mass is 455 g/mol. The number of hydrogen-bond acceptors (Lipinski definition) is 7. The molecule has 0 saturated carbocycles. The third-order valence-corrected chi connectivity index (χ3v) is 6.99. The fourth-order valence-corrected chi connectivity index (χ4v) is 4.95. The molecule has 8 nitrogen and oxygen atoms in total. The van der Waals surface area contributed by atoms with Crippen LogP contribution in [0.15, 0.2) is 42.5 Å². The Morgan fingerprint density at radius 2 is 1.85 bits per heavy atom. The highest BCUT2D eigenvalue weighted by Crippen LogP contribution is 2.36. The van der Waals surface area contributed by atoms with Crippen molar-refractivity contribution in [1.82, 2.24) is 16.3 Å². The van der Waals surface area contributed by atoms with Gasteiger partial charge in [-0.25, -0.2) is 20.3 Å². The van der Waals surface area contributed by atoms with Gasteiger partial charge in [-0.05, 0) is 49.6 Å². The van der Waals surface area contributed by atoms with Crippen molar-refractivity contribution < 1.29 is 19.0 Å². The summed E-state index contributed by atoms with van der Waals surface area (Å²) < 4.78 is 20.0. The molecule has 33 heavy (non-hydrogen) atoms. The van der Waals surface area contributed by atoms with E-state index in [0.29, 0.717) is 5.75 Å². The van der Waals surface area contributed by atoms with E-state index in [9.17, 15) is 14.3 Å². The number of methoxy groups -OCH3 is 1. The number of nitrogens with zero attached hydrogens (tertiary/aromatic N) is 2. The van der Waals surface area contributed by atoms with Gasteiger partial charge >= 0.3 is 0 Å². The number of rotatable bonds is 4. The number of fused-ring (bicyclic) bond motifs is 1. The average molecular weight is 456 g/mol. The third-order valence-electron chi connectivity index (χ3n) is 6.99. The van der Waals surface area contributed by atoms with Crippen LogP contribution in [0.4, 0.5) is 15.8 Å². The zero-order valence-electron chi connectivity index (χ0n) is 18.8. The van der Waals surface area contributed by atoms with Gasteiger partial charge in [0.15, 0.2) is 5.82 Å². The summed E-state index contributed by atoms with van der Waals surface area (Å²) in [6.45, 7) is 3.54. The lowest BCUT2D eigenvalue weighted by molar-refractivity contribution is -0.121. The standard InChI is InChI=1S/C24H30FN5O3/c1-24(32)10-12-29(13-11-24)16-8-6-15(7-9-16)21-22-18(26-27-21)14-20(31)30(28-22)23-17(25)4-3-5-19(23)33-2/h3-9,18,21-22,26-28,32H,10-14H2,1-2H3. The number of halogens is 1. The predicted molar refractivity (Wildman–Crippen MR) is 123 cm³/mol. The number of nitrogens with one attached hydrogen (secondary N) is 3. The second kappa shape index (κ2) is 8.57. The number of benzene rings is 2. The zero-order chi connectivity index (χ0) is 23.2. The Hall–Kier alpha value is -2.72. The van der Waals surface area contributed by atoms with Crippen molar-refractivity contribution in [1.29, 1.82) is 0 Å². The topological polar surface area (TPSA) is 89.1 Å². The number of carbonyl (C=O) groups is 1. The van der Waals surface area contributed by atoms with Gasteiger partial charge in [-0.1, -0.05) is 18.2 Å². The van der Waals surface area contributed by atoms with Gasteiger partial charge in [0.1, 0.15) is 11.4 Å². The summed E-state index contributed by atoms with van der Waals surface area (Å²) in [6, 6.07) is 12.5. The number of carbonyl (C=O) groups excluding carboxylic acids is 1. The van der Waals surface area contributed by atoms with Crippen LogP contribution in [0.1, 0.15) is 37.8 Å². The number of para-hydroxylation sites is 1. The molecule has 3 saturated heterocycles. The van der Waals surface area contributed by atoms with Gasteiger partial charge in [-0.2, -0.15) is 0 Å². The fraction of sp³-hybridized carbons (Fsp3) is 0.458. The van der Waals surface area contributed by atoms with Crippen molar-refractivity contribution in [2.45, 2.75) is 49.9 Å².